The number of hydrogen-bond donors (Lipinski definition) is 0. The molecule has 132 valence electrons. The summed E-state index contributed by atoms with van der Waals surface area (Å²) in [4.78, 5) is 0. The fourth-order valence-corrected chi connectivity index (χ4v) is 2.86. The molecule has 0 N–H and O–H groups in total. The van der Waals surface area contributed by atoms with Crippen molar-refractivity contribution in [2.75, 3.05) is 14.1 Å². The van der Waals surface area contributed by atoms with Gasteiger partial charge in [0, 0.05) is 5.56 Å². The first kappa shape index (κ1) is 22.2. The van der Waals surface area contributed by atoms with Gasteiger partial charge in [-0.2, -0.15) is 0 Å². The van der Waals surface area contributed by atoms with Crippen LogP contribution in [0.25, 0.3) is 0 Å². The average Bonchev–Trinajstić information content (AvgIpc) is 2.49. The van der Waals surface area contributed by atoms with Gasteiger partial charge >= 0.3 is 0 Å². The fourth-order valence-electron chi connectivity index (χ4n) is 2.86. The Balaban J connectivity index is 0.00000484. The summed E-state index contributed by atoms with van der Waals surface area (Å²) in [6.45, 7) is 3.35. The smallest absolute Gasteiger partial charge is 0.108 e. The molecule has 1 rings (SSSR count). The summed E-state index contributed by atoms with van der Waals surface area (Å²) in [7, 11) is 4.55. The molecule has 0 bridgehead atoms. The molecule has 0 aromatic heterocycles. The van der Waals surface area contributed by atoms with E-state index in [2.05, 4.69) is 63.6 Å². The molecule has 0 aliphatic heterocycles. The summed E-state index contributed by atoms with van der Waals surface area (Å²) in [5.74, 6) is 0. The van der Waals surface area contributed by atoms with Gasteiger partial charge in [-0.1, -0.05) is 82.2 Å². The van der Waals surface area contributed by atoms with Gasteiger partial charge in [-0.3, -0.25) is 4.48 Å². The van der Waals surface area contributed by atoms with E-state index in [1.807, 2.05) is 0 Å². The monoisotopic (exact) mass is 337 g/mol. The summed E-state index contributed by atoms with van der Waals surface area (Å²) in [6.07, 6.45) is 17.2. The van der Waals surface area contributed by atoms with Gasteiger partial charge in [-0.25, -0.2) is 0 Å². The Kier molecular flexibility index (Phi) is 13.2. The van der Waals surface area contributed by atoms with E-state index in [0.29, 0.717) is 0 Å². The maximum absolute atomic E-state index is 2.38. The van der Waals surface area contributed by atoms with E-state index in [1.54, 1.807) is 0 Å². The van der Waals surface area contributed by atoms with Crippen molar-refractivity contribution < 1.29 is 16.9 Å². The lowest BCUT2D eigenvalue weighted by Gasteiger charge is -2.25. The third-order valence-corrected chi connectivity index (χ3v) is 4.17. The van der Waals surface area contributed by atoms with Crippen LogP contribution in [0.2, 0.25) is 0 Å². The van der Waals surface area contributed by atoms with Gasteiger partial charge in [-0.15, -0.1) is 0 Å². The van der Waals surface area contributed by atoms with Gasteiger partial charge in [0.25, 0.3) is 0 Å². The summed E-state index contributed by atoms with van der Waals surface area (Å²) in [6, 6.07) is 10.8. The predicted molar refractivity (Wildman–Crippen MR) is 98.6 cm³/mol. The number of nitrogens with zero attached hydrogens (tertiary/aromatic N) is 1. The van der Waals surface area contributed by atoms with Crippen LogP contribution in [-0.2, 0) is 6.54 Å². The molecule has 0 unspecified atom stereocenters. The van der Waals surface area contributed by atoms with Crippen LogP contribution in [-0.4, -0.2) is 18.6 Å². The first-order chi connectivity index (χ1) is 10.6. The standard InChI is InChI=1S/C21H36N.ClH/c1-4-5-6-7-8-9-10-11-12-16-19-22(2,3)20-21-17-14-13-15-18-21;/h13-19H,4-12,20H2,1-3H3;1H/q+1;/p-1. The highest BCUT2D eigenvalue weighted by Crippen LogP contribution is 2.12. The third-order valence-electron chi connectivity index (χ3n) is 4.17. The summed E-state index contributed by atoms with van der Waals surface area (Å²) in [5.41, 5.74) is 1.41. The normalized spacial score (nSPS) is 11.6. The second-order valence-electron chi connectivity index (χ2n) is 7.07. The maximum atomic E-state index is 2.38. The molecule has 1 aromatic rings. The Bertz CT molecular complexity index is 398. The molecular weight excluding hydrogens is 302 g/mol. The van der Waals surface area contributed by atoms with E-state index in [4.69, 9.17) is 0 Å². The van der Waals surface area contributed by atoms with Crippen LogP contribution < -0.4 is 12.4 Å². The first-order valence-corrected chi connectivity index (χ1v) is 9.18. The molecule has 0 saturated heterocycles. The van der Waals surface area contributed by atoms with E-state index in [1.165, 1.54) is 63.4 Å². The largest absolute Gasteiger partial charge is 1.00 e. The molecule has 23 heavy (non-hydrogen) atoms. The lowest BCUT2D eigenvalue weighted by molar-refractivity contribution is -0.852. The first-order valence-electron chi connectivity index (χ1n) is 9.18. The molecule has 0 amide bonds. The van der Waals surface area contributed by atoms with Crippen molar-refractivity contribution in [2.45, 2.75) is 71.3 Å². The van der Waals surface area contributed by atoms with Crippen LogP contribution >= 0.6 is 0 Å². The lowest BCUT2D eigenvalue weighted by atomic mass is 10.1. The van der Waals surface area contributed by atoms with Crippen LogP contribution in [0.1, 0.15) is 70.3 Å². The van der Waals surface area contributed by atoms with E-state index in [9.17, 15) is 0 Å². The van der Waals surface area contributed by atoms with E-state index in [-0.39, 0.29) is 12.4 Å². The molecular formula is C21H36ClN. The number of unbranched alkanes of at least 4 members (excludes halogenated alkanes) is 8. The second kappa shape index (κ2) is 13.6. The summed E-state index contributed by atoms with van der Waals surface area (Å²) < 4.78 is 0.932. The van der Waals surface area contributed by atoms with Crippen LogP contribution in [0.4, 0.5) is 0 Å². The van der Waals surface area contributed by atoms with Gasteiger partial charge in [0.05, 0.1) is 20.3 Å². The Hall–Kier alpha value is -0.790. The van der Waals surface area contributed by atoms with Crippen molar-refractivity contribution in [2.24, 2.45) is 0 Å². The maximum Gasteiger partial charge on any atom is 0.108 e. The molecule has 0 heterocycles. The molecule has 1 aromatic carbocycles. The number of quaternary nitrogens is 1. The Labute approximate surface area is 150 Å². The van der Waals surface area contributed by atoms with Crippen LogP contribution in [0.5, 0.6) is 0 Å². The summed E-state index contributed by atoms with van der Waals surface area (Å²) in [5, 5.41) is 0. The minimum absolute atomic E-state index is 0. The molecule has 0 atom stereocenters. The number of rotatable bonds is 12. The van der Waals surface area contributed by atoms with Crippen molar-refractivity contribution >= 4 is 0 Å². The topological polar surface area (TPSA) is 0 Å². The van der Waals surface area contributed by atoms with Crippen LogP contribution in [0.3, 0.4) is 0 Å². The fraction of sp³-hybridized carbons (Fsp3) is 0.619. The molecule has 0 radical (unpaired) electrons. The van der Waals surface area contributed by atoms with Gasteiger partial charge in [-0.05, 0) is 18.9 Å². The zero-order valence-electron chi connectivity index (χ0n) is 15.4. The minimum atomic E-state index is 0. The lowest BCUT2D eigenvalue weighted by Crippen LogP contribution is -3.00. The molecule has 1 nitrogen and oxygen atoms in total. The summed E-state index contributed by atoms with van der Waals surface area (Å²) >= 11 is 0. The van der Waals surface area contributed by atoms with Crippen molar-refractivity contribution in [3.05, 3.63) is 48.2 Å². The average molecular weight is 338 g/mol. The predicted octanol–water partition coefficient (Wildman–Crippen LogP) is 3.31. The number of hydrogen-bond acceptors (Lipinski definition) is 0. The van der Waals surface area contributed by atoms with Crippen molar-refractivity contribution in [1.82, 2.24) is 0 Å². The number of allylic oxidation sites excluding steroid dienone is 1. The van der Waals surface area contributed by atoms with E-state index < -0.39 is 0 Å². The van der Waals surface area contributed by atoms with Crippen molar-refractivity contribution in [1.29, 1.82) is 0 Å². The highest BCUT2D eigenvalue weighted by Gasteiger charge is 2.11. The quantitative estimate of drug-likeness (QED) is 0.405. The number of benzene rings is 1. The Morgan fingerprint density at radius 1 is 0.826 bits per heavy atom. The highest BCUT2D eigenvalue weighted by molar-refractivity contribution is 5.13. The number of halogens is 1. The van der Waals surface area contributed by atoms with Gasteiger partial charge in [0.2, 0.25) is 0 Å². The SMILES string of the molecule is CCCCCCCCCCC=C[N+](C)(C)Cc1ccccc1.[Cl-]. The Morgan fingerprint density at radius 3 is 2.00 bits per heavy atom. The van der Waals surface area contributed by atoms with Crippen LogP contribution in [0, 0.1) is 0 Å². The van der Waals surface area contributed by atoms with Crippen LogP contribution in [0.15, 0.2) is 42.6 Å². The zero-order valence-corrected chi connectivity index (χ0v) is 16.2. The van der Waals surface area contributed by atoms with Crippen molar-refractivity contribution in [3.63, 3.8) is 0 Å². The second-order valence-corrected chi connectivity index (χ2v) is 7.07. The molecule has 0 aliphatic rings. The van der Waals surface area contributed by atoms with Gasteiger partial charge in [0.15, 0.2) is 0 Å². The van der Waals surface area contributed by atoms with Crippen molar-refractivity contribution in [3.8, 4) is 0 Å². The molecule has 2 heteroatoms. The molecule has 0 aliphatic carbocycles. The van der Waals surface area contributed by atoms with E-state index >= 15 is 0 Å². The minimum Gasteiger partial charge on any atom is -1.00 e. The third kappa shape index (κ3) is 12.3. The van der Waals surface area contributed by atoms with Gasteiger partial charge in [0.1, 0.15) is 6.54 Å². The Morgan fingerprint density at radius 2 is 1.39 bits per heavy atom. The van der Waals surface area contributed by atoms with E-state index in [0.717, 1.165) is 11.0 Å². The molecule has 0 saturated carbocycles. The zero-order chi connectivity index (χ0) is 16.1. The molecule has 0 spiro atoms. The highest BCUT2D eigenvalue weighted by atomic mass is 35.5. The molecule has 0 fully saturated rings. The van der Waals surface area contributed by atoms with Gasteiger partial charge < -0.3 is 12.4 Å².